The Labute approximate surface area is 114 Å². The van der Waals surface area contributed by atoms with Crippen molar-refractivity contribution in [3.05, 3.63) is 40.6 Å². The van der Waals surface area contributed by atoms with E-state index in [1.807, 2.05) is 25.1 Å². The summed E-state index contributed by atoms with van der Waals surface area (Å²) in [5.41, 5.74) is 3.33. The molecule has 1 aromatic rings. The Hall–Kier alpha value is -1.28. The van der Waals surface area contributed by atoms with Crippen LogP contribution >= 0.6 is 11.6 Å². The third-order valence-corrected chi connectivity index (χ3v) is 3.44. The van der Waals surface area contributed by atoms with Crippen molar-refractivity contribution in [2.45, 2.75) is 33.6 Å². The predicted octanol–water partition coefficient (Wildman–Crippen LogP) is 4.70. The first-order valence-electron chi connectivity index (χ1n) is 6.32. The smallest absolute Gasteiger partial charge is 0.109 e. The molecule has 96 valence electrons. The lowest BCUT2D eigenvalue weighted by Gasteiger charge is -2.15. The zero-order chi connectivity index (χ0) is 13.1. The van der Waals surface area contributed by atoms with E-state index in [1.54, 1.807) is 0 Å². The molecule has 1 heterocycles. The van der Waals surface area contributed by atoms with Gasteiger partial charge in [0.15, 0.2) is 0 Å². The van der Waals surface area contributed by atoms with Crippen LogP contribution in [0.1, 0.15) is 32.3 Å². The van der Waals surface area contributed by atoms with Gasteiger partial charge in [-0.25, -0.2) is 4.99 Å². The molecule has 0 atom stereocenters. The van der Waals surface area contributed by atoms with Crippen LogP contribution in [0.2, 0.25) is 5.02 Å². The third kappa shape index (κ3) is 2.94. The van der Waals surface area contributed by atoms with Gasteiger partial charge in [0.1, 0.15) is 5.84 Å². The summed E-state index contributed by atoms with van der Waals surface area (Å²) in [6.07, 6.45) is 4.38. The van der Waals surface area contributed by atoms with Crippen molar-refractivity contribution < 1.29 is 0 Å². The molecule has 18 heavy (non-hydrogen) atoms. The van der Waals surface area contributed by atoms with Gasteiger partial charge in [0, 0.05) is 24.2 Å². The highest BCUT2D eigenvalue weighted by Gasteiger charge is 2.17. The number of amidine groups is 1. The second kappa shape index (κ2) is 5.57. The third-order valence-electron chi connectivity index (χ3n) is 3.03. The van der Waals surface area contributed by atoms with Gasteiger partial charge < -0.3 is 4.90 Å². The van der Waals surface area contributed by atoms with Crippen LogP contribution in [0.5, 0.6) is 0 Å². The lowest BCUT2D eigenvalue weighted by atomic mass is 10.2. The van der Waals surface area contributed by atoms with Crippen LogP contribution in [0.4, 0.5) is 5.69 Å². The van der Waals surface area contributed by atoms with Crippen molar-refractivity contribution in [3.8, 4) is 0 Å². The van der Waals surface area contributed by atoms with E-state index in [-0.39, 0.29) is 0 Å². The number of hydrogen-bond donors (Lipinski definition) is 0. The molecule has 0 aromatic heterocycles. The molecular formula is C15H19ClN2. The zero-order valence-electron chi connectivity index (χ0n) is 11.2. The Morgan fingerprint density at radius 3 is 2.89 bits per heavy atom. The number of likely N-dealkylation sites (tertiary alicyclic amines) is 1. The SMILES string of the molecule is CC(C)=CN1CCCC1=Nc1cccc(Cl)c1C. The van der Waals surface area contributed by atoms with Crippen LogP contribution in [0.15, 0.2) is 35.0 Å². The number of rotatable bonds is 2. The van der Waals surface area contributed by atoms with Crippen molar-refractivity contribution >= 4 is 23.1 Å². The quantitative estimate of drug-likeness (QED) is 0.754. The molecule has 2 nitrogen and oxygen atoms in total. The Morgan fingerprint density at radius 1 is 1.39 bits per heavy atom. The maximum Gasteiger partial charge on any atom is 0.109 e. The molecule has 0 aliphatic carbocycles. The average molecular weight is 263 g/mol. The van der Waals surface area contributed by atoms with Crippen LogP contribution in [0.3, 0.4) is 0 Å². The van der Waals surface area contributed by atoms with Gasteiger partial charge in [0.25, 0.3) is 0 Å². The molecule has 1 aliphatic heterocycles. The van der Waals surface area contributed by atoms with E-state index in [0.717, 1.165) is 35.1 Å². The minimum absolute atomic E-state index is 0.781. The summed E-state index contributed by atoms with van der Waals surface area (Å²) in [6, 6.07) is 5.88. The van der Waals surface area contributed by atoms with E-state index >= 15 is 0 Å². The molecule has 3 heteroatoms. The van der Waals surface area contributed by atoms with Gasteiger partial charge in [0.05, 0.1) is 5.69 Å². The van der Waals surface area contributed by atoms with Gasteiger partial charge in [-0.05, 0) is 44.9 Å². The first-order valence-corrected chi connectivity index (χ1v) is 6.70. The molecule has 2 rings (SSSR count). The van der Waals surface area contributed by atoms with Crippen LogP contribution in [0.25, 0.3) is 0 Å². The predicted molar refractivity (Wildman–Crippen MR) is 78.7 cm³/mol. The summed E-state index contributed by atoms with van der Waals surface area (Å²) in [6.45, 7) is 7.30. The topological polar surface area (TPSA) is 15.6 Å². The van der Waals surface area contributed by atoms with Gasteiger partial charge in [-0.2, -0.15) is 0 Å². The molecule has 0 amide bonds. The Kier molecular flexibility index (Phi) is 4.07. The van der Waals surface area contributed by atoms with E-state index in [0.29, 0.717) is 0 Å². The largest absolute Gasteiger partial charge is 0.337 e. The van der Waals surface area contributed by atoms with Crippen molar-refractivity contribution in [2.75, 3.05) is 6.54 Å². The van der Waals surface area contributed by atoms with Gasteiger partial charge in [-0.1, -0.05) is 23.2 Å². The monoisotopic (exact) mass is 262 g/mol. The van der Waals surface area contributed by atoms with Crippen molar-refractivity contribution in [1.29, 1.82) is 0 Å². The highest BCUT2D eigenvalue weighted by atomic mass is 35.5. The molecule has 0 N–H and O–H groups in total. The van der Waals surface area contributed by atoms with Gasteiger partial charge in [-0.15, -0.1) is 0 Å². The van der Waals surface area contributed by atoms with Gasteiger partial charge >= 0.3 is 0 Å². The van der Waals surface area contributed by atoms with Crippen molar-refractivity contribution in [2.24, 2.45) is 4.99 Å². The second-order valence-corrected chi connectivity index (χ2v) is 5.32. The van der Waals surface area contributed by atoms with Crippen LogP contribution in [-0.4, -0.2) is 17.3 Å². The minimum Gasteiger partial charge on any atom is -0.337 e. The normalized spacial score (nSPS) is 17.3. The van der Waals surface area contributed by atoms with Crippen molar-refractivity contribution in [1.82, 2.24) is 4.90 Å². The molecule has 0 spiro atoms. The molecule has 1 saturated heterocycles. The molecular weight excluding hydrogens is 244 g/mol. The minimum atomic E-state index is 0.781. The average Bonchev–Trinajstić information content (AvgIpc) is 2.72. The standard InChI is InChI=1S/C15H19ClN2/c1-11(2)10-18-9-5-8-15(18)17-14-7-4-6-13(16)12(14)3/h4,6-7,10H,5,8-9H2,1-3H3. The van der Waals surface area contributed by atoms with Gasteiger partial charge in [0.2, 0.25) is 0 Å². The molecule has 1 aromatic carbocycles. The maximum absolute atomic E-state index is 6.13. The summed E-state index contributed by atoms with van der Waals surface area (Å²) < 4.78 is 0. The molecule has 0 saturated carbocycles. The second-order valence-electron chi connectivity index (χ2n) is 4.92. The Bertz CT molecular complexity index is 499. The van der Waals surface area contributed by atoms with E-state index < -0.39 is 0 Å². The van der Waals surface area contributed by atoms with Gasteiger partial charge in [-0.3, -0.25) is 0 Å². The van der Waals surface area contributed by atoms with Crippen LogP contribution in [-0.2, 0) is 0 Å². The number of allylic oxidation sites excluding steroid dienone is 1. The number of benzene rings is 1. The number of halogens is 1. The lowest BCUT2D eigenvalue weighted by molar-refractivity contribution is 0.598. The molecule has 1 aliphatic rings. The van der Waals surface area contributed by atoms with E-state index in [2.05, 4.69) is 24.9 Å². The van der Waals surface area contributed by atoms with E-state index in [9.17, 15) is 0 Å². The highest BCUT2D eigenvalue weighted by molar-refractivity contribution is 6.31. The summed E-state index contributed by atoms with van der Waals surface area (Å²) in [5, 5.41) is 0.781. The zero-order valence-corrected chi connectivity index (χ0v) is 12.0. The fourth-order valence-corrected chi connectivity index (χ4v) is 2.28. The number of aliphatic imine (C=N–C) groups is 1. The van der Waals surface area contributed by atoms with Crippen LogP contribution in [0, 0.1) is 6.92 Å². The van der Waals surface area contributed by atoms with Crippen molar-refractivity contribution in [3.63, 3.8) is 0 Å². The van der Waals surface area contributed by atoms with E-state index in [4.69, 9.17) is 16.6 Å². The fraction of sp³-hybridized carbons (Fsp3) is 0.400. The molecule has 1 fully saturated rings. The molecule has 0 radical (unpaired) electrons. The maximum atomic E-state index is 6.13. The lowest BCUT2D eigenvalue weighted by Crippen LogP contribution is -2.18. The summed E-state index contributed by atoms with van der Waals surface area (Å²) in [4.78, 5) is 7.01. The first kappa shape index (κ1) is 13.2. The molecule has 0 unspecified atom stereocenters. The number of hydrogen-bond acceptors (Lipinski definition) is 1. The highest BCUT2D eigenvalue weighted by Crippen LogP contribution is 2.27. The number of nitrogens with zero attached hydrogens (tertiary/aromatic N) is 2. The Morgan fingerprint density at radius 2 is 2.17 bits per heavy atom. The fourth-order valence-electron chi connectivity index (χ4n) is 2.11. The molecule has 0 bridgehead atoms. The first-order chi connectivity index (χ1) is 8.58. The Balaban J connectivity index is 2.32. The summed E-state index contributed by atoms with van der Waals surface area (Å²) in [5.74, 6) is 1.14. The van der Waals surface area contributed by atoms with Crippen LogP contribution < -0.4 is 0 Å². The summed E-state index contributed by atoms with van der Waals surface area (Å²) >= 11 is 6.13. The van der Waals surface area contributed by atoms with E-state index in [1.165, 1.54) is 12.0 Å². The summed E-state index contributed by atoms with van der Waals surface area (Å²) in [7, 11) is 0.